The van der Waals surface area contributed by atoms with Crippen LogP contribution in [0.4, 0.5) is 5.82 Å². The van der Waals surface area contributed by atoms with Crippen LogP contribution in [0.2, 0.25) is 0 Å². The Labute approximate surface area is 171 Å². The molecular formula is C22H28N4O3. The van der Waals surface area contributed by atoms with Gasteiger partial charge in [0.15, 0.2) is 5.82 Å². The second-order valence-electron chi connectivity index (χ2n) is 8.04. The molecule has 0 spiro atoms. The van der Waals surface area contributed by atoms with E-state index in [2.05, 4.69) is 10.4 Å². The number of amides is 2. The summed E-state index contributed by atoms with van der Waals surface area (Å²) in [7, 11) is 3.44. The number of aryl methyl sites for hydroxylation is 1. The van der Waals surface area contributed by atoms with Crippen LogP contribution < -0.4 is 10.1 Å². The lowest BCUT2D eigenvalue weighted by atomic mass is 9.77. The van der Waals surface area contributed by atoms with Gasteiger partial charge in [0.25, 0.3) is 0 Å². The summed E-state index contributed by atoms with van der Waals surface area (Å²) >= 11 is 0. The van der Waals surface area contributed by atoms with E-state index >= 15 is 0 Å². The van der Waals surface area contributed by atoms with Crippen molar-refractivity contribution in [2.75, 3.05) is 19.0 Å². The number of benzene rings is 1. The maximum atomic E-state index is 13.8. The molecule has 1 saturated heterocycles. The smallest absolute Gasteiger partial charge is 0.248 e. The minimum Gasteiger partial charge on any atom is -0.497 e. The number of carbonyl (C=O) groups is 2. The minimum atomic E-state index is -0.542. The van der Waals surface area contributed by atoms with Gasteiger partial charge in [0, 0.05) is 25.9 Å². The van der Waals surface area contributed by atoms with Gasteiger partial charge in [0.1, 0.15) is 11.8 Å². The third-order valence-electron chi connectivity index (χ3n) is 6.29. The van der Waals surface area contributed by atoms with Crippen LogP contribution in [-0.2, 0) is 22.1 Å². The van der Waals surface area contributed by atoms with E-state index in [9.17, 15) is 9.59 Å². The lowest BCUT2D eigenvalue weighted by Crippen LogP contribution is -2.51. The molecule has 29 heavy (non-hydrogen) atoms. The quantitative estimate of drug-likeness (QED) is 0.843. The molecular weight excluding hydrogens is 368 g/mol. The monoisotopic (exact) mass is 396 g/mol. The first-order valence-electron chi connectivity index (χ1n) is 10.3. The summed E-state index contributed by atoms with van der Waals surface area (Å²) in [5.41, 5.74) is 0.483. The fourth-order valence-electron chi connectivity index (χ4n) is 4.76. The number of hydrogen-bond acceptors (Lipinski definition) is 4. The van der Waals surface area contributed by atoms with Crippen molar-refractivity contribution < 1.29 is 14.3 Å². The number of nitrogens with one attached hydrogen (secondary N) is 1. The van der Waals surface area contributed by atoms with Crippen LogP contribution in [0.5, 0.6) is 5.75 Å². The Hall–Kier alpha value is -2.83. The van der Waals surface area contributed by atoms with Gasteiger partial charge in [-0.1, -0.05) is 25.0 Å². The van der Waals surface area contributed by atoms with Crippen molar-refractivity contribution in [3.63, 3.8) is 0 Å². The fourth-order valence-corrected chi connectivity index (χ4v) is 4.76. The molecule has 2 fully saturated rings. The van der Waals surface area contributed by atoms with E-state index in [1.165, 1.54) is 0 Å². The second-order valence-corrected chi connectivity index (χ2v) is 8.04. The van der Waals surface area contributed by atoms with Crippen LogP contribution in [0, 0.1) is 0 Å². The van der Waals surface area contributed by atoms with Crippen molar-refractivity contribution in [1.29, 1.82) is 0 Å². The molecule has 2 aliphatic rings. The molecule has 154 valence electrons. The number of rotatable bonds is 5. The van der Waals surface area contributed by atoms with Crippen LogP contribution >= 0.6 is 0 Å². The number of carbonyl (C=O) groups excluding carboxylic acids is 2. The number of ether oxygens (including phenoxy) is 1. The van der Waals surface area contributed by atoms with Crippen molar-refractivity contribution in [2.24, 2.45) is 7.05 Å². The average molecular weight is 396 g/mol. The Morgan fingerprint density at radius 3 is 2.48 bits per heavy atom. The Balaban J connectivity index is 1.57. The number of anilines is 1. The van der Waals surface area contributed by atoms with E-state index in [1.807, 2.05) is 24.3 Å². The summed E-state index contributed by atoms with van der Waals surface area (Å²) in [6, 6.07) is 9.15. The number of hydrogen-bond donors (Lipinski definition) is 1. The molecule has 1 aliphatic heterocycles. The number of nitrogens with zero attached hydrogens (tertiary/aromatic N) is 3. The second kappa shape index (κ2) is 7.89. The molecule has 0 radical (unpaired) electrons. The summed E-state index contributed by atoms with van der Waals surface area (Å²) in [4.78, 5) is 28.5. The lowest BCUT2D eigenvalue weighted by Gasteiger charge is -2.35. The Bertz CT molecular complexity index is 884. The van der Waals surface area contributed by atoms with E-state index in [4.69, 9.17) is 4.74 Å². The Morgan fingerprint density at radius 2 is 1.86 bits per heavy atom. The van der Waals surface area contributed by atoms with Crippen LogP contribution in [0.1, 0.15) is 44.1 Å². The van der Waals surface area contributed by atoms with Gasteiger partial charge >= 0.3 is 0 Å². The van der Waals surface area contributed by atoms with Gasteiger partial charge in [-0.3, -0.25) is 14.3 Å². The number of methoxy groups -OCH3 is 1. The molecule has 1 aromatic heterocycles. The van der Waals surface area contributed by atoms with E-state index in [0.717, 1.165) is 43.4 Å². The number of likely N-dealkylation sites (tertiary alicyclic amines) is 1. The highest BCUT2D eigenvalue weighted by atomic mass is 16.5. The number of aromatic nitrogens is 2. The maximum Gasteiger partial charge on any atom is 0.248 e. The van der Waals surface area contributed by atoms with E-state index in [0.29, 0.717) is 18.8 Å². The Kier molecular flexibility index (Phi) is 5.30. The molecule has 7 nitrogen and oxygen atoms in total. The molecule has 0 bridgehead atoms. The predicted octanol–water partition coefficient (Wildman–Crippen LogP) is 2.87. The molecule has 1 saturated carbocycles. The fraction of sp³-hybridized carbons (Fsp3) is 0.500. The summed E-state index contributed by atoms with van der Waals surface area (Å²) < 4.78 is 6.92. The topological polar surface area (TPSA) is 76.5 Å². The molecule has 1 aromatic carbocycles. The van der Waals surface area contributed by atoms with Crippen LogP contribution in [-0.4, -0.2) is 46.2 Å². The highest BCUT2D eigenvalue weighted by Crippen LogP contribution is 2.44. The first-order valence-corrected chi connectivity index (χ1v) is 10.3. The molecule has 1 aliphatic carbocycles. The van der Waals surface area contributed by atoms with Crippen molar-refractivity contribution in [3.8, 4) is 5.75 Å². The SMILES string of the molecule is COc1ccc(C2(C(=O)N3CCCC3C(=O)Nc3ccn(C)n3)CCCC2)cc1. The maximum absolute atomic E-state index is 13.8. The first kappa shape index (κ1) is 19.5. The van der Waals surface area contributed by atoms with Gasteiger partial charge in [0.05, 0.1) is 12.5 Å². The summed E-state index contributed by atoms with van der Waals surface area (Å²) in [6.07, 6.45) is 7.00. The molecule has 2 amide bonds. The zero-order valence-corrected chi connectivity index (χ0v) is 17.1. The molecule has 1 atom stereocenters. The van der Waals surface area contributed by atoms with Crippen molar-refractivity contribution in [3.05, 3.63) is 42.1 Å². The average Bonchev–Trinajstić information content (AvgIpc) is 3.49. The van der Waals surface area contributed by atoms with Gasteiger partial charge in [-0.25, -0.2) is 0 Å². The zero-order chi connectivity index (χ0) is 20.4. The van der Waals surface area contributed by atoms with Crippen molar-refractivity contribution in [2.45, 2.75) is 50.0 Å². The van der Waals surface area contributed by atoms with Crippen molar-refractivity contribution >= 4 is 17.6 Å². The van der Waals surface area contributed by atoms with Crippen LogP contribution in [0.15, 0.2) is 36.5 Å². The first-order chi connectivity index (χ1) is 14.0. The van der Waals surface area contributed by atoms with Gasteiger partial charge in [-0.15, -0.1) is 0 Å². The van der Waals surface area contributed by atoms with Gasteiger partial charge in [-0.05, 0) is 43.4 Å². The van der Waals surface area contributed by atoms with E-state index < -0.39 is 11.5 Å². The van der Waals surface area contributed by atoms with Gasteiger partial charge in [-0.2, -0.15) is 5.10 Å². The van der Waals surface area contributed by atoms with Gasteiger partial charge < -0.3 is 15.0 Å². The summed E-state index contributed by atoms with van der Waals surface area (Å²) in [5, 5.41) is 7.08. The normalized spacial score (nSPS) is 20.6. The third kappa shape index (κ3) is 3.61. The minimum absolute atomic E-state index is 0.0823. The summed E-state index contributed by atoms with van der Waals surface area (Å²) in [5.74, 6) is 1.22. The standard InChI is InChI=1S/C22H28N4O3/c1-25-15-11-19(24-25)23-20(27)18-6-5-14-26(18)21(28)22(12-3-4-13-22)16-7-9-17(29-2)10-8-16/h7-11,15,18H,3-6,12-14H2,1-2H3,(H,23,24,27). The molecule has 1 N–H and O–H groups in total. The highest BCUT2D eigenvalue weighted by molar-refractivity contribution is 5.99. The third-order valence-corrected chi connectivity index (χ3v) is 6.29. The largest absolute Gasteiger partial charge is 0.497 e. The zero-order valence-electron chi connectivity index (χ0n) is 17.1. The van der Waals surface area contributed by atoms with E-state index in [-0.39, 0.29) is 11.8 Å². The molecule has 1 unspecified atom stereocenters. The van der Waals surface area contributed by atoms with Crippen molar-refractivity contribution in [1.82, 2.24) is 14.7 Å². The van der Waals surface area contributed by atoms with Gasteiger partial charge in [0.2, 0.25) is 11.8 Å². The van der Waals surface area contributed by atoms with Crippen LogP contribution in [0.25, 0.3) is 0 Å². The molecule has 2 aromatic rings. The van der Waals surface area contributed by atoms with Crippen LogP contribution in [0.3, 0.4) is 0 Å². The summed E-state index contributed by atoms with van der Waals surface area (Å²) in [6.45, 7) is 0.622. The highest BCUT2D eigenvalue weighted by Gasteiger charge is 2.48. The molecule has 2 heterocycles. The van der Waals surface area contributed by atoms with E-state index in [1.54, 1.807) is 36.0 Å². The Morgan fingerprint density at radius 1 is 1.14 bits per heavy atom. The molecule has 4 rings (SSSR count). The predicted molar refractivity (Wildman–Crippen MR) is 110 cm³/mol. The molecule has 7 heteroatoms. The lowest BCUT2D eigenvalue weighted by molar-refractivity contribution is -0.141.